The summed E-state index contributed by atoms with van der Waals surface area (Å²) in [5.74, 6) is 1.87. The highest BCUT2D eigenvalue weighted by Crippen LogP contribution is 2.40. The van der Waals surface area contributed by atoms with Gasteiger partial charge in [0.15, 0.2) is 0 Å². The molecule has 0 amide bonds. The number of benzene rings is 2. The highest BCUT2D eigenvalue weighted by molar-refractivity contribution is 6.04. The van der Waals surface area contributed by atoms with Crippen LogP contribution in [0.5, 0.6) is 0 Å². The first-order valence-corrected chi connectivity index (χ1v) is 14.7. The third kappa shape index (κ3) is 6.76. The Balaban J connectivity index is 0.000000417. The van der Waals surface area contributed by atoms with E-state index in [4.69, 9.17) is 10.7 Å². The monoisotopic (exact) mass is 517 g/mol. The molecule has 6 nitrogen and oxygen atoms in total. The van der Waals surface area contributed by atoms with E-state index in [-0.39, 0.29) is 6.61 Å². The van der Waals surface area contributed by atoms with Crippen molar-refractivity contribution >= 4 is 34.3 Å². The first kappa shape index (κ1) is 28.2. The van der Waals surface area contributed by atoms with Crippen LogP contribution in [0, 0.1) is 24.7 Å². The molecule has 1 aliphatic carbocycles. The summed E-state index contributed by atoms with van der Waals surface area (Å²) in [6.07, 6.45) is 14.2. The molecule has 2 aliphatic rings. The zero-order chi connectivity index (χ0) is 27.1. The second-order valence-corrected chi connectivity index (χ2v) is 11.5. The quantitative estimate of drug-likeness (QED) is 0.231. The minimum Gasteiger partial charge on any atom is -0.396 e. The number of aromatic amines is 1. The van der Waals surface area contributed by atoms with Crippen molar-refractivity contribution in [3.63, 3.8) is 0 Å². The number of nitrogens with one attached hydrogen (secondary N) is 1. The Hall–Kier alpha value is -2.86. The maximum absolute atomic E-state index is 9.48. The van der Waals surface area contributed by atoms with Crippen LogP contribution >= 0.6 is 0 Å². The van der Waals surface area contributed by atoms with Crippen molar-refractivity contribution < 1.29 is 5.11 Å². The molecule has 1 unspecified atom stereocenters. The SMILES string of the molecule is CC1CCCCC1.CCC(C)C=Nc1cc(-c2cc(N3CCC(CO)CC3)c(N)c3[nH]cnc23)ccc1C. The van der Waals surface area contributed by atoms with Crippen molar-refractivity contribution in [2.45, 2.75) is 79.1 Å². The summed E-state index contributed by atoms with van der Waals surface area (Å²) >= 11 is 0. The van der Waals surface area contributed by atoms with E-state index in [9.17, 15) is 5.11 Å². The highest BCUT2D eigenvalue weighted by Gasteiger charge is 2.23. The second kappa shape index (κ2) is 13.3. The van der Waals surface area contributed by atoms with E-state index in [1.165, 1.54) is 32.1 Å². The normalized spacial score (nSPS) is 18.1. The number of anilines is 2. The van der Waals surface area contributed by atoms with Gasteiger partial charge < -0.3 is 20.7 Å². The number of nitrogens with zero attached hydrogens (tertiary/aromatic N) is 3. The standard InChI is InChI=1S/C25H33N5O.C7H14/c1-4-16(2)13-27-21-11-19(6-5-17(21)3)20-12-22(23(26)25-24(20)28-15-29-25)30-9-7-18(14-31)8-10-30;1-7-5-3-2-4-6-7/h5-6,11-13,15-16,18,31H,4,7-10,14,26H2,1-3H3,(H,28,29);7H,2-6H2,1H3. The van der Waals surface area contributed by atoms with Gasteiger partial charge in [0.05, 0.1) is 34.4 Å². The number of fused-ring (bicyclic) bond motifs is 1. The Morgan fingerprint density at radius 2 is 1.89 bits per heavy atom. The van der Waals surface area contributed by atoms with E-state index in [0.29, 0.717) is 11.8 Å². The number of aryl methyl sites for hydroxylation is 1. The molecular weight excluding hydrogens is 470 g/mol. The van der Waals surface area contributed by atoms with Gasteiger partial charge in [-0.05, 0) is 67.2 Å². The van der Waals surface area contributed by atoms with Gasteiger partial charge in [-0.1, -0.05) is 65.0 Å². The molecule has 1 saturated heterocycles. The lowest BCUT2D eigenvalue weighted by atomic mass is 9.91. The van der Waals surface area contributed by atoms with E-state index in [0.717, 1.165) is 83.1 Å². The van der Waals surface area contributed by atoms with Gasteiger partial charge >= 0.3 is 0 Å². The van der Waals surface area contributed by atoms with Crippen LogP contribution in [-0.2, 0) is 0 Å². The minimum absolute atomic E-state index is 0.261. The van der Waals surface area contributed by atoms with E-state index in [1.807, 2.05) is 6.21 Å². The number of hydrogen-bond acceptors (Lipinski definition) is 5. The summed E-state index contributed by atoms with van der Waals surface area (Å²) in [4.78, 5) is 14.9. The van der Waals surface area contributed by atoms with Crippen LogP contribution in [0.25, 0.3) is 22.2 Å². The van der Waals surface area contributed by atoms with Crippen LogP contribution in [0.3, 0.4) is 0 Å². The van der Waals surface area contributed by atoms with Crippen LogP contribution in [0.15, 0.2) is 35.6 Å². The van der Waals surface area contributed by atoms with Crippen molar-refractivity contribution in [3.05, 3.63) is 36.2 Å². The van der Waals surface area contributed by atoms with Crippen molar-refractivity contribution in [2.24, 2.45) is 22.7 Å². The molecule has 2 fully saturated rings. The van der Waals surface area contributed by atoms with Crippen LogP contribution in [0.1, 0.15) is 77.7 Å². The average Bonchev–Trinajstić information content (AvgIpc) is 3.44. The maximum Gasteiger partial charge on any atom is 0.0983 e. The van der Waals surface area contributed by atoms with Gasteiger partial charge in [-0.2, -0.15) is 0 Å². The maximum atomic E-state index is 9.48. The zero-order valence-corrected chi connectivity index (χ0v) is 23.8. The molecule has 3 aromatic rings. The number of aliphatic imine (C=N–C) groups is 1. The molecule has 2 aromatic carbocycles. The first-order valence-electron chi connectivity index (χ1n) is 14.7. The summed E-state index contributed by atoms with van der Waals surface area (Å²) in [7, 11) is 0. The van der Waals surface area contributed by atoms with Crippen LogP contribution < -0.4 is 10.6 Å². The van der Waals surface area contributed by atoms with Crippen molar-refractivity contribution in [2.75, 3.05) is 30.3 Å². The molecular formula is C32H47N5O. The number of imidazole rings is 1. The van der Waals surface area contributed by atoms with Gasteiger partial charge in [0.25, 0.3) is 0 Å². The molecule has 0 spiro atoms. The molecule has 1 atom stereocenters. The van der Waals surface area contributed by atoms with Crippen LogP contribution in [0.4, 0.5) is 17.1 Å². The molecule has 0 bridgehead atoms. The fraction of sp³-hybridized carbons (Fsp3) is 0.562. The topological polar surface area (TPSA) is 90.5 Å². The molecule has 2 heterocycles. The molecule has 206 valence electrons. The molecule has 5 rings (SSSR count). The average molecular weight is 518 g/mol. The zero-order valence-electron chi connectivity index (χ0n) is 23.8. The number of piperidine rings is 1. The number of nitrogen functional groups attached to an aromatic ring is 1. The number of aliphatic hydroxyl groups is 1. The summed E-state index contributed by atoms with van der Waals surface area (Å²) in [5.41, 5.74) is 14.4. The Morgan fingerprint density at radius 1 is 1.16 bits per heavy atom. The molecule has 1 saturated carbocycles. The second-order valence-electron chi connectivity index (χ2n) is 11.5. The van der Waals surface area contributed by atoms with Crippen LogP contribution in [-0.4, -0.2) is 41.0 Å². The first-order chi connectivity index (χ1) is 18.4. The highest BCUT2D eigenvalue weighted by atomic mass is 16.3. The molecule has 38 heavy (non-hydrogen) atoms. The number of H-pyrrole nitrogens is 1. The van der Waals surface area contributed by atoms with E-state index in [2.05, 4.69) is 66.8 Å². The number of nitrogens with two attached hydrogens (primary N) is 1. The van der Waals surface area contributed by atoms with Gasteiger partial charge in [0, 0.05) is 31.5 Å². The summed E-state index contributed by atoms with van der Waals surface area (Å²) < 4.78 is 0. The largest absolute Gasteiger partial charge is 0.396 e. The van der Waals surface area contributed by atoms with E-state index >= 15 is 0 Å². The lowest BCUT2D eigenvalue weighted by Crippen LogP contribution is -2.35. The lowest BCUT2D eigenvalue weighted by Gasteiger charge is -2.34. The third-order valence-corrected chi connectivity index (χ3v) is 8.46. The van der Waals surface area contributed by atoms with E-state index in [1.54, 1.807) is 6.33 Å². The molecule has 1 aromatic heterocycles. The third-order valence-electron chi connectivity index (χ3n) is 8.46. The van der Waals surface area contributed by atoms with Crippen LogP contribution in [0.2, 0.25) is 0 Å². The van der Waals surface area contributed by atoms with Crippen molar-refractivity contribution in [1.82, 2.24) is 9.97 Å². The number of hydrogen-bond donors (Lipinski definition) is 3. The van der Waals surface area contributed by atoms with Gasteiger partial charge in [0.2, 0.25) is 0 Å². The summed E-state index contributed by atoms with van der Waals surface area (Å²) in [6.45, 7) is 10.9. The molecule has 1 aliphatic heterocycles. The Labute approximate surface area is 228 Å². The van der Waals surface area contributed by atoms with Gasteiger partial charge in [-0.15, -0.1) is 0 Å². The minimum atomic E-state index is 0.261. The van der Waals surface area contributed by atoms with Crippen molar-refractivity contribution in [3.8, 4) is 11.1 Å². The van der Waals surface area contributed by atoms with E-state index < -0.39 is 0 Å². The Kier molecular flexibility index (Phi) is 9.84. The van der Waals surface area contributed by atoms with Gasteiger partial charge in [-0.3, -0.25) is 4.99 Å². The number of rotatable bonds is 6. The fourth-order valence-electron chi connectivity index (χ4n) is 5.49. The summed E-state index contributed by atoms with van der Waals surface area (Å²) in [5, 5.41) is 9.48. The van der Waals surface area contributed by atoms with Gasteiger partial charge in [0.1, 0.15) is 0 Å². The smallest absolute Gasteiger partial charge is 0.0983 e. The predicted octanol–water partition coefficient (Wildman–Crippen LogP) is 7.66. The number of aliphatic hydroxyl groups excluding tert-OH is 1. The Bertz CT molecular complexity index is 1200. The van der Waals surface area contributed by atoms with Crippen molar-refractivity contribution in [1.29, 1.82) is 0 Å². The Morgan fingerprint density at radius 3 is 2.53 bits per heavy atom. The van der Waals surface area contributed by atoms with Gasteiger partial charge in [-0.25, -0.2) is 4.98 Å². The number of aromatic nitrogens is 2. The molecule has 4 N–H and O–H groups in total. The fourth-order valence-corrected chi connectivity index (χ4v) is 5.49. The summed E-state index contributed by atoms with van der Waals surface area (Å²) in [6, 6.07) is 8.58. The molecule has 6 heteroatoms. The lowest BCUT2D eigenvalue weighted by molar-refractivity contribution is 0.203. The predicted molar refractivity (Wildman–Crippen MR) is 163 cm³/mol. The molecule has 0 radical (unpaired) electrons.